The Bertz CT molecular complexity index is 999. The van der Waals surface area contributed by atoms with Crippen LogP contribution in [0.3, 0.4) is 0 Å². The molecule has 0 radical (unpaired) electrons. The zero-order valence-corrected chi connectivity index (χ0v) is 15.2. The first-order valence-electron chi connectivity index (χ1n) is 8.61. The number of amides is 2. The number of rotatable bonds is 7. The number of aromatic nitrogens is 3. The molecule has 0 spiro atoms. The Morgan fingerprint density at radius 2 is 1.61 bits per heavy atom. The molecular weight excluding hydrogens is 358 g/mol. The van der Waals surface area contributed by atoms with Gasteiger partial charge in [-0.2, -0.15) is 9.90 Å². The van der Waals surface area contributed by atoms with E-state index in [0.29, 0.717) is 11.3 Å². The van der Waals surface area contributed by atoms with E-state index in [-0.39, 0.29) is 12.1 Å². The van der Waals surface area contributed by atoms with E-state index in [1.165, 1.54) is 4.80 Å². The molecule has 1 atom stereocenters. The molecule has 1 heterocycles. The van der Waals surface area contributed by atoms with Gasteiger partial charge in [-0.25, -0.2) is 0 Å². The highest BCUT2D eigenvalue weighted by Gasteiger charge is 2.28. The van der Waals surface area contributed by atoms with Crippen molar-refractivity contribution in [1.82, 2.24) is 20.3 Å². The van der Waals surface area contributed by atoms with Crippen molar-refractivity contribution in [2.45, 2.75) is 12.5 Å². The second kappa shape index (κ2) is 8.26. The summed E-state index contributed by atoms with van der Waals surface area (Å²) in [5, 5.41) is 10.9. The second-order valence-corrected chi connectivity index (χ2v) is 6.20. The van der Waals surface area contributed by atoms with Crippen LogP contribution in [0.15, 0.2) is 60.7 Å². The quantitative estimate of drug-likeness (QED) is 0.592. The molecule has 0 saturated heterocycles. The topological polar surface area (TPSA) is 120 Å². The van der Waals surface area contributed by atoms with Crippen LogP contribution in [0, 0.1) is 0 Å². The van der Waals surface area contributed by atoms with Gasteiger partial charge in [0, 0.05) is 19.0 Å². The molecule has 0 aliphatic carbocycles. The molecule has 3 rings (SSSR count). The van der Waals surface area contributed by atoms with Gasteiger partial charge in [-0.15, -0.1) is 5.10 Å². The molecule has 1 unspecified atom stereocenters. The number of benzene rings is 2. The van der Waals surface area contributed by atoms with E-state index >= 15 is 0 Å². The number of nitrogens with one attached hydrogen (secondary N) is 1. The molecule has 0 saturated carbocycles. The summed E-state index contributed by atoms with van der Waals surface area (Å²) in [5.41, 5.74) is 7.09. The predicted octanol–water partition coefficient (Wildman–Crippen LogP) is 0.878. The lowest BCUT2D eigenvalue weighted by molar-refractivity contribution is -0.137. The number of nitrogens with two attached hydrogens (primary N) is 1. The van der Waals surface area contributed by atoms with Crippen molar-refractivity contribution in [3.05, 3.63) is 71.9 Å². The lowest BCUT2D eigenvalue weighted by Crippen LogP contribution is -2.47. The largest absolute Gasteiger partial charge is 0.363 e. The van der Waals surface area contributed by atoms with Crippen molar-refractivity contribution in [2.75, 3.05) is 0 Å². The highest BCUT2D eigenvalue weighted by atomic mass is 16.2. The van der Waals surface area contributed by atoms with Crippen LogP contribution >= 0.6 is 0 Å². The third-order valence-corrected chi connectivity index (χ3v) is 4.12. The van der Waals surface area contributed by atoms with Gasteiger partial charge >= 0.3 is 0 Å². The Kier molecular flexibility index (Phi) is 5.59. The van der Waals surface area contributed by atoms with Gasteiger partial charge in [0.15, 0.2) is 5.69 Å². The van der Waals surface area contributed by atoms with Crippen molar-refractivity contribution in [3.8, 4) is 11.3 Å². The molecular formula is C20H19N5O3. The molecule has 2 aromatic carbocycles. The summed E-state index contributed by atoms with van der Waals surface area (Å²) >= 11 is 0. The third kappa shape index (κ3) is 4.29. The van der Waals surface area contributed by atoms with Crippen LogP contribution in [0.5, 0.6) is 0 Å². The number of ketones is 1. The third-order valence-electron chi connectivity index (χ3n) is 4.12. The summed E-state index contributed by atoms with van der Waals surface area (Å²) in [4.78, 5) is 37.8. The molecule has 8 nitrogen and oxygen atoms in total. The van der Waals surface area contributed by atoms with E-state index < -0.39 is 23.6 Å². The van der Waals surface area contributed by atoms with E-state index in [0.717, 1.165) is 5.56 Å². The molecule has 142 valence electrons. The average Bonchev–Trinajstić information content (AvgIpc) is 3.10. The van der Waals surface area contributed by atoms with Crippen LogP contribution in [0.1, 0.15) is 16.1 Å². The van der Waals surface area contributed by atoms with Gasteiger partial charge in [0.05, 0.1) is 0 Å². The smallest absolute Gasteiger partial charge is 0.287 e. The first-order chi connectivity index (χ1) is 13.5. The fourth-order valence-corrected chi connectivity index (χ4v) is 2.81. The molecule has 28 heavy (non-hydrogen) atoms. The SMILES string of the molecule is Cn1nc(C(=O)NC(Cc2ccccc2)C(=O)C(N)=O)c(-c2ccccc2)n1. The van der Waals surface area contributed by atoms with Gasteiger partial charge in [0.1, 0.15) is 11.7 Å². The predicted molar refractivity (Wildman–Crippen MR) is 102 cm³/mol. The second-order valence-electron chi connectivity index (χ2n) is 6.20. The van der Waals surface area contributed by atoms with Crippen LogP contribution in [0.2, 0.25) is 0 Å². The van der Waals surface area contributed by atoms with Crippen molar-refractivity contribution in [1.29, 1.82) is 0 Å². The molecule has 3 N–H and O–H groups in total. The van der Waals surface area contributed by atoms with Crippen LogP contribution < -0.4 is 11.1 Å². The molecule has 0 aliphatic rings. The van der Waals surface area contributed by atoms with Gasteiger partial charge in [-0.1, -0.05) is 60.7 Å². The summed E-state index contributed by atoms with van der Waals surface area (Å²) < 4.78 is 0. The van der Waals surface area contributed by atoms with Crippen LogP contribution in [-0.2, 0) is 23.1 Å². The summed E-state index contributed by atoms with van der Waals surface area (Å²) in [6.07, 6.45) is 0.134. The lowest BCUT2D eigenvalue weighted by Gasteiger charge is -2.16. The van der Waals surface area contributed by atoms with Crippen molar-refractivity contribution < 1.29 is 14.4 Å². The molecule has 0 aliphatic heterocycles. The number of carbonyl (C=O) groups excluding carboxylic acids is 3. The fourth-order valence-electron chi connectivity index (χ4n) is 2.81. The number of aryl methyl sites for hydroxylation is 1. The molecule has 1 aromatic heterocycles. The highest BCUT2D eigenvalue weighted by Crippen LogP contribution is 2.20. The number of nitrogens with zero attached hydrogens (tertiary/aromatic N) is 3. The summed E-state index contributed by atoms with van der Waals surface area (Å²) in [6.45, 7) is 0. The summed E-state index contributed by atoms with van der Waals surface area (Å²) in [5.74, 6) is -2.59. The Balaban J connectivity index is 1.88. The minimum Gasteiger partial charge on any atom is -0.363 e. The fraction of sp³-hybridized carbons (Fsp3) is 0.150. The van der Waals surface area contributed by atoms with Crippen LogP contribution in [-0.4, -0.2) is 38.6 Å². The van der Waals surface area contributed by atoms with E-state index in [4.69, 9.17) is 5.73 Å². The van der Waals surface area contributed by atoms with Crippen molar-refractivity contribution in [3.63, 3.8) is 0 Å². The minimum atomic E-state index is -1.11. The molecule has 0 fully saturated rings. The van der Waals surface area contributed by atoms with Gasteiger partial charge in [-0.3, -0.25) is 14.4 Å². The van der Waals surface area contributed by atoms with Crippen molar-refractivity contribution in [2.24, 2.45) is 12.8 Å². The maximum atomic E-state index is 12.8. The number of Topliss-reactive ketones (excluding diaryl/α,β-unsaturated/α-hetero) is 1. The number of hydrogen-bond acceptors (Lipinski definition) is 5. The summed E-state index contributed by atoms with van der Waals surface area (Å²) in [7, 11) is 1.60. The van der Waals surface area contributed by atoms with Gasteiger partial charge < -0.3 is 11.1 Å². The highest BCUT2D eigenvalue weighted by molar-refractivity contribution is 6.38. The summed E-state index contributed by atoms with van der Waals surface area (Å²) in [6, 6.07) is 17.0. The number of carbonyl (C=O) groups is 3. The first-order valence-corrected chi connectivity index (χ1v) is 8.61. The van der Waals surface area contributed by atoms with E-state index in [1.54, 1.807) is 43.4 Å². The van der Waals surface area contributed by atoms with E-state index in [1.807, 2.05) is 24.3 Å². The Labute approximate surface area is 161 Å². The van der Waals surface area contributed by atoms with Gasteiger partial charge in [0.2, 0.25) is 5.78 Å². The van der Waals surface area contributed by atoms with Gasteiger partial charge in [-0.05, 0) is 5.56 Å². The molecule has 8 heteroatoms. The number of hydrogen-bond donors (Lipinski definition) is 2. The zero-order valence-electron chi connectivity index (χ0n) is 15.2. The molecule has 3 aromatic rings. The average molecular weight is 377 g/mol. The van der Waals surface area contributed by atoms with Gasteiger partial charge in [0.25, 0.3) is 11.8 Å². The Morgan fingerprint density at radius 1 is 1.00 bits per heavy atom. The van der Waals surface area contributed by atoms with Crippen molar-refractivity contribution >= 4 is 17.6 Å². The maximum Gasteiger partial charge on any atom is 0.287 e. The van der Waals surface area contributed by atoms with E-state index in [2.05, 4.69) is 15.5 Å². The first kappa shape index (κ1) is 19.0. The molecule has 0 bridgehead atoms. The van der Waals surface area contributed by atoms with Crippen LogP contribution in [0.25, 0.3) is 11.3 Å². The standard InChI is InChI=1S/C20H19N5O3/c1-25-23-16(14-10-6-3-7-11-14)17(24-25)20(28)22-15(18(26)19(21)27)12-13-8-4-2-5-9-13/h2-11,15H,12H2,1H3,(H2,21,27)(H,22,28). The minimum absolute atomic E-state index is 0.0593. The normalized spacial score (nSPS) is 11.6. The monoisotopic (exact) mass is 377 g/mol. The molecule has 2 amide bonds. The van der Waals surface area contributed by atoms with E-state index in [9.17, 15) is 14.4 Å². The Hall–Kier alpha value is -3.81. The maximum absolute atomic E-state index is 12.8. The zero-order chi connectivity index (χ0) is 20.1. The Morgan fingerprint density at radius 3 is 2.21 bits per heavy atom. The number of primary amides is 1. The lowest BCUT2D eigenvalue weighted by atomic mass is 10.0. The van der Waals surface area contributed by atoms with Crippen LogP contribution in [0.4, 0.5) is 0 Å².